The van der Waals surface area contributed by atoms with E-state index in [-0.39, 0.29) is 5.91 Å². The summed E-state index contributed by atoms with van der Waals surface area (Å²) in [5.41, 5.74) is 0.675. The minimum absolute atomic E-state index is 0.214. The third-order valence-electron chi connectivity index (χ3n) is 3.84. The third-order valence-corrected chi connectivity index (χ3v) is 4.07. The van der Waals surface area contributed by atoms with E-state index >= 15 is 0 Å². The Bertz CT molecular complexity index is 882. The molecule has 3 rings (SSSR count). The molecule has 1 atom stereocenters. The van der Waals surface area contributed by atoms with Crippen molar-refractivity contribution in [3.05, 3.63) is 83.9 Å². The summed E-state index contributed by atoms with van der Waals surface area (Å²) in [7, 11) is 0. The highest BCUT2D eigenvalue weighted by molar-refractivity contribution is 6.30. The molecule has 0 aliphatic heterocycles. The fourth-order valence-electron chi connectivity index (χ4n) is 2.48. The van der Waals surface area contributed by atoms with Crippen molar-refractivity contribution in [3.8, 4) is 17.2 Å². The number of rotatable bonds is 7. The number of nitrogens with one attached hydrogen (secondary N) is 1. The van der Waals surface area contributed by atoms with Crippen molar-refractivity contribution in [1.82, 2.24) is 0 Å². The van der Waals surface area contributed by atoms with E-state index in [4.69, 9.17) is 21.1 Å². The average Bonchev–Trinajstić information content (AvgIpc) is 2.68. The molecule has 0 aromatic heterocycles. The van der Waals surface area contributed by atoms with Crippen LogP contribution >= 0.6 is 11.6 Å². The Balaban J connectivity index is 1.60. The maximum absolute atomic E-state index is 12.5. The molecular weight excluding hydrogens is 362 g/mol. The van der Waals surface area contributed by atoms with Crippen LogP contribution in [0.2, 0.25) is 5.02 Å². The topological polar surface area (TPSA) is 47.6 Å². The van der Waals surface area contributed by atoms with Crippen LogP contribution in [0.1, 0.15) is 13.3 Å². The van der Waals surface area contributed by atoms with Gasteiger partial charge in [-0.25, -0.2) is 0 Å². The lowest BCUT2D eigenvalue weighted by atomic mass is 10.2. The predicted octanol–water partition coefficient (Wildman–Crippen LogP) is 5.93. The van der Waals surface area contributed by atoms with Gasteiger partial charge >= 0.3 is 0 Å². The summed E-state index contributed by atoms with van der Waals surface area (Å²) in [6, 6.07) is 23.7. The number of benzene rings is 3. The molecule has 0 radical (unpaired) electrons. The molecule has 0 heterocycles. The highest BCUT2D eigenvalue weighted by Gasteiger charge is 2.18. The summed E-state index contributed by atoms with van der Waals surface area (Å²) >= 11 is 5.96. The van der Waals surface area contributed by atoms with Crippen LogP contribution in [0.15, 0.2) is 78.9 Å². The van der Waals surface area contributed by atoms with Crippen LogP contribution < -0.4 is 14.8 Å². The Labute approximate surface area is 163 Å². The first-order chi connectivity index (χ1) is 13.1. The number of halogens is 1. The van der Waals surface area contributed by atoms with Gasteiger partial charge in [0.05, 0.1) is 0 Å². The Kier molecular flexibility index (Phi) is 6.34. The molecule has 3 aromatic carbocycles. The highest BCUT2D eigenvalue weighted by Crippen LogP contribution is 2.23. The van der Waals surface area contributed by atoms with Gasteiger partial charge in [-0.1, -0.05) is 42.8 Å². The molecule has 0 fully saturated rings. The first kappa shape index (κ1) is 18.8. The minimum atomic E-state index is -0.608. The van der Waals surface area contributed by atoms with E-state index < -0.39 is 6.10 Å². The number of carbonyl (C=O) groups excluding carboxylic acids is 1. The molecule has 5 heteroatoms. The van der Waals surface area contributed by atoms with Crippen molar-refractivity contribution in [1.29, 1.82) is 0 Å². The normalized spacial score (nSPS) is 11.5. The van der Waals surface area contributed by atoms with Crippen molar-refractivity contribution in [2.45, 2.75) is 19.4 Å². The Morgan fingerprint density at radius 3 is 2.26 bits per heavy atom. The van der Waals surface area contributed by atoms with Crippen LogP contribution in [0.3, 0.4) is 0 Å². The van der Waals surface area contributed by atoms with Gasteiger partial charge in [-0.05, 0) is 61.0 Å². The van der Waals surface area contributed by atoms with Gasteiger partial charge in [0.15, 0.2) is 6.10 Å². The van der Waals surface area contributed by atoms with Crippen LogP contribution in [-0.4, -0.2) is 12.0 Å². The summed E-state index contributed by atoms with van der Waals surface area (Å²) in [4.78, 5) is 12.5. The largest absolute Gasteiger partial charge is 0.481 e. The lowest BCUT2D eigenvalue weighted by Gasteiger charge is -2.17. The second-order valence-electron chi connectivity index (χ2n) is 5.90. The van der Waals surface area contributed by atoms with Crippen LogP contribution in [0.5, 0.6) is 17.2 Å². The number of ether oxygens (including phenoxy) is 2. The maximum Gasteiger partial charge on any atom is 0.265 e. The molecule has 0 spiro atoms. The summed E-state index contributed by atoms with van der Waals surface area (Å²) in [6.07, 6.45) is -0.0724. The molecular formula is C22H20ClNO3. The molecule has 4 nitrogen and oxygen atoms in total. The maximum atomic E-state index is 12.5. The van der Waals surface area contributed by atoms with Crippen LogP contribution in [0.25, 0.3) is 0 Å². The minimum Gasteiger partial charge on any atom is -0.481 e. The number of para-hydroxylation sites is 1. The number of amides is 1. The van der Waals surface area contributed by atoms with Gasteiger partial charge in [-0.3, -0.25) is 4.79 Å². The molecule has 1 N–H and O–H groups in total. The number of anilines is 1. The average molecular weight is 382 g/mol. The van der Waals surface area contributed by atoms with E-state index in [1.165, 1.54) is 0 Å². The van der Waals surface area contributed by atoms with Gasteiger partial charge in [0, 0.05) is 10.7 Å². The molecule has 27 heavy (non-hydrogen) atoms. The van der Waals surface area contributed by atoms with Crippen molar-refractivity contribution in [3.63, 3.8) is 0 Å². The fourth-order valence-corrected chi connectivity index (χ4v) is 2.66. The van der Waals surface area contributed by atoms with Gasteiger partial charge < -0.3 is 14.8 Å². The first-order valence-electron chi connectivity index (χ1n) is 8.70. The lowest BCUT2D eigenvalue weighted by molar-refractivity contribution is -0.122. The highest BCUT2D eigenvalue weighted by atomic mass is 35.5. The van der Waals surface area contributed by atoms with Crippen LogP contribution in [0, 0.1) is 0 Å². The van der Waals surface area contributed by atoms with Crippen molar-refractivity contribution in [2.24, 2.45) is 0 Å². The Morgan fingerprint density at radius 1 is 0.926 bits per heavy atom. The molecule has 0 aliphatic rings. The zero-order chi connectivity index (χ0) is 19.1. The predicted molar refractivity (Wildman–Crippen MR) is 108 cm³/mol. The molecule has 138 valence electrons. The monoisotopic (exact) mass is 381 g/mol. The van der Waals surface area contributed by atoms with Gasteiger partial charge in [0.1, 0.15) is 17.2 Å². The first-order valence-corrected chi connectivity index (χ1v) is 9.08. The standard InChI is InChI=1S/C22H20ClNO3/c1-2-21(27-20-10-6-7-16(23)15-20)22(25)24-17-11-13-19(14-12-17)26-18-8-4-3-5-9-18/h3-15,21H,2H2,1H3,(H,24,25)/t21-/m1/s1. The van der Waals surface area contributed by atoms with E-state index in [1.54, 1.807) is 48.5 Å². The van der Waals surface area contributed by atoms with Gasteiger partial charge in [0.25, 0.3) is 5.91 Å². The van der Waals surface area contributed by atoms with Gasteiger partial charge in [-0.15, -0.1) is 0 Å². The number of hydrogen-bond donors (Lipinski definition) is 1. The zero-order valence-corrected chi connectivity index (χ0v) is 15.6. The van der Waals surface area contributed by atoms with E-state index in [1.807, 2.05) is 37.3 Å². The Morgan fingerprint density at radius 2 is 1.59 bits per heavy atom. The lowest BCUT2D eigenvalue weighted by Crippen LogP contribution is -2.32. The molecule has 0 unspecified atom stereocenters. The summed E-state index contributed by atoms with van der Waals surface area (Å²) in [5, 5.41) is 3.43. The molecule has 0 saturated carbocycles. The molecule has 0 saturated heterocycles. The van der Waals surface area contributed by atoms with E-state index in [0.29, 0.717) is 28.6 Å². The smallest absolute Gasteiger partial charge is 0.265 e. The summed E-state index contributed by atoms with van der Waals surface area (Å²) in [6.45, 7) is 1.89. The molecule has 3 aromatic rings. The number of hydrogen-bond acceptors (Lipinski definition) is 3. The van der Waals surface area contributed by atoms with Crippen LogP contribution in [0.4, 0.5) is 5.69 Å². The van der Waals surface area contributed by atoms with Gasteiger partial charge in [0.2, 0.25) is 0 Å². The van der Waals surface area contributed by atoms with E-state index in [9.17, 15) is 4.79 Å². The number of carbonyl (C=O) groups is 1. The van der Waals surface area contributed by atoms with Crippen molar-refractivity contribution in [2.75, 3.05) is 5.32 Å². The third kappa shape index (κ3) is 5.50. The molecule has 0 aliphatic carbocycles. The zero-order valence-electron chi connectivity index (χ0n) is 14.9. The van der Waals surface area contributed by atoms with Crippen LogP contribution in [-0.2, 0) is 4.79 Å². The Hall–Kier alpha value is -2.98. The fraction of sp³-hybridized carbons (Fsp3) is 0.136. The van der Waals surface area contributed by atoms with E-state index in [2.05, 4.69) is 5.32 Å². The second-order valence-corrected chi connectivity index (χ2v) is 6.34. The van der Waals surface area contributed by atoms with Crippen molar-refractivity contribution >= 4 is 23.2 Å². The summed E-state index contributed by atoms with van der Waals surface area (Å²) in [5.74, 6) is 1.81. The van der Waals surface area contributed by atoms with Crippen molar-refractivity contribution < 1.29 is 14.3 Å². The SMILES string of the molecule is CC[C@@H](Oc1cccc(Cl)c1)C(=O)Nc1ccc(Oc2ccccc2)cc1. The summed E-state index contributed by atoms with van der Waals surface area (Å²) < 4.78 is 11.5. The van der Waals surface area contributed by atoms with E-state index in [0.717, 1.165) is 5.75 Å². The second kappa shape index (κ2) is 9.10. The quantitative estimate of drug-likeness (QED) is 0.551. The molecule has 1 amide bonds. The molecule has 0 bridgehead atoms. The van der Waals surface area contributed by atoms with Gasteiger partial charge in [-0.2, -0.15) is 0 Å².